The minimum absolute atomic E-state index is 0.739. The van der Waals surface area contributed by atoms with Crippen LogP contribution >= 0.6 is 0 Å². The standard InChI is InChI=1S/C19H18N4/c1-23-18(14-7-3-2-4-8-14)13-22-19(23)21-12-15-11-20-17-10-6-5-9-16(15)17/h2-11,13,20H,12H2,1H3,(H,21,22). The van der Waals surface area contributed by atoms with Crippen molar-refractivity contribution in [2.24, 2.45) is 7.05 Å². The maximum atomic E-state index is 4.51. The van der Waals surface area contributed by atoms with Crippen LogP contribution in [0.4, 0.5) is 5.95 Å². The summed E-state index contributed by atoms with van der Waals surface area (Å²) < 4.78 is 2.09. The van der Waals surface area contributed by atoms with Crippen LogP contribution in [-0.2, 0) is 13.6 Å². The number of H-pyrrole nitrogens is 1. The largest absolute Gasteiger partial charge is 0.361 e. The van der Waals surface area contributed by atoms with Gasteiger partial charge in [-0.1, -0.05) is 48.5 Å². The summed E-state index contributed by atoms with van der Waals surface area (Å²) in [6.45, 7) is 0.739. The second-order valence-electron chi connectivity index (χ2n) is 5.61. The molecule has 0 amide bonds. The van der Waals surface area contributed by atoms with E-state index in [0.29, 0.717) is 0 Å². The highest BCUT2D eigenvalue weighted by molar-refractivity contribution is 5.83. The SMILES string of the molecule is Cn1c(-c2ccccc2)cnc1NCc1c[nH]c2ccccc12. The van der Waals surface area contributed by atoms with Gasteiger partial charge in [0.15, 0.2) is 0 Å². The molecule has 0 bridgehead atoms. The number of aromatic nitrogens is 3. The number of aromatic amines is 1. The smallest absolute Gasteiger partial charge is 0.203 e. The molecule has 0 aliphatic carbocycles. The third-order valence-electron chi connectivity index (χ3n) is 4.17. The van der Waals surface area contributed by atoms with Crippen molar-refractivity contribution in [3.63, 3.8) is 0 Å². The molecular weight excluding hydrogens is 284 g/mol. The Bertz CT molecular complexity index is 934. The highest BCUT2D eigenvalue weighted by Gasteiger charge is 2.09. The van der Waals surface area contributed by atoms with Gasteiger partial charge in [0.2, 0.25) is 5.95 Å². The summed E-state index contributed by atoms with van der Waals surface area (Å²) in [4.78, 5) is 7.82. The average molecular weight is 302 g/mol. The van der Waals surface area contributed by atoms with Crippen LogP contribution in [-0.4, -0.2) is 14.5 Å². The summed E-state index contributed by atoms with van der Waals surface area (Å²) in [5.41, 5.74) is 4.67. The van der Waals surface area contributed by atoms with Gasteiger partial charge in [-0.05, 0) is 17.2 Å². The molecule has 2 N–H and O–H groups in total. The van der Waals surface area contributed by atoms with Crippen molar-refractivity contribution < 1.29 is 0 Å². The van der Waals surface area contributed by atoms with E-state index in [1.165, 1.54) is 16.5 Å². The van der Waals surface area contributed by atoms with Gasteiger partial charge in [0.25, 0.3) is 0 Å². The molecule has 2 aromatic heterocycles. The zero-order valence-corrected chi connectivity index (χ0v) is 13.0. The van der Waals surface area contributed by atoms with E-state index in [0.717, 1.165) is 23.7 Å². The fourth-order valence-corrected chi connectivity index (χ4v) is 2.90. The maximum Gasteiger partial charge on any atom is 0.203 e. The number of imidazole rings is 1. The fraction of sp³-hybridized carbons (Fsp3) is 0.105. The molecule has 0 aliphatic rings. The Hall–Kier alpha value is -3.01. The van der Waals surface area contributed by atoms with Crippen LogP contribution in [0.2, 0.25) is 0 Å². The van der Waals surface area contributed by atoms with Crippen molar-refractivity contribution in [3.8, 4) is 11.3 Å². The molecule has 0 fully saturated rings. The second-order valence-corrected chi connectivity index (χ2v) is 5.61. The van der Waals surface area contributed by atoms with Gasteiger partial charge < -0.3 is 14.9 Å². The number of fused-ring (bicyclic) bond motifs is 1. The highest BCUT2D eigenvalue weighted by Crippen LogP contribution is 2.23. The molecule has 0 atom stereocenters. The van der Waals surface area contributed by atoms with Crippen LogP contribution in [0.5, 0.6) is 0 Å². The summed E-state index contributed by atoms with van der Waals surface area (Å²) in [5.74, 6) is 0.870. The summed E-state index contributed by atoms with van der Waals surface area (Å²) in [5, 5.41) is 4.68. The molecule has 2 aromatic carbocycles. The van der Waals surface area contributed by atoms with Crippen LogP contribution in [0.25, 0.3) is 22.2 Å². The van der Waals surface area contributed by atoms with Crippen molar-refractivity contribution in [1.29, 1.82) is 0 Å². The molecule has 4 rings (SSSR count). The molecule has 0 aliphatic heterocycles. The Morgan fingerprint density at radius 1 is 1.04 bits per heavy atom. The lowest BCUT2D eigenvalue weighted by Gasteiger charge is -2.08. The molecule has 0 spiro atoms. The first kappa shape index (κ1) is 13.6. The molecule has 0 saturated heterocycles. The number of nitrogens with one attached hydrogen (secondary N) is 2. The molecule has 4 aromatic rings. The molecule has 0 saturated carbocycles. The lowest BCUT2D eigenvalue weighted by Crippen LogP contribution is -2.05. The third-order valence-corrected chi connectivity index (χ3v) is 4.17. The number of anilines is 1. The minimum Gasteiger partial charge on any atom is -0.361 e. The molecule has 0 radical (unpaired) electrons. The van der Waals surface area contributed by atoms with Crippen molar-refractivity contribution in [2.45, 2.75) is 6.54 Å². The zero-order chi connectivity index (χ0) is 15.6. The summed E-state index contributed by atoms with van der Waals surface area (Å²) in [7, 11) is 2.03. The number of hydrogen-bond acceptors (Lipinski definition) is 2. The number of nitrogens with zero attached hydrogens (tertiary/aromatic N) is 2. The van der Waals surface area contributed by atoms with Gasteiger partial charge in [0, 0.05) is 30.7 Å². The van der Waals surface area contributed by atoms with Gasteiger partial charge in [-0.25, -0.2) is 4.98 Å². The van der Waals surface area contributed by atoms with E-state index in [1.54, 1.807) is 0 Å². The lowest BCUT2D eigenvalue weighted by atomic mass is 10.2. The number of benzene rings is 2. The van der Waals surface area contributed by atoms with E-state index >= 15 is 0 Å². The Kier molecular flexibility index (Phi) is 3.35. The average Bonchev–Trinajstić information content (AvgIpc) is 3.17. The van der Waals surface area contributed by atoms with Crippen molar-refractivity contribution in [1.82, 2.24) is 14.5 Å². The Morgan fingerprint density at radius 3 is 2.70 bits per heavy atom. The number of rotatable bonds is 4. The van der Waals surface area contributed by atoms with Crippen molar-refractivity contribution >= 4 is 16.9 Å². The summed E-state index contributed by atoms with van der Waals surface area (Å²) >= 11 is 0. The minimum atomic E-state index is 0.739. The molecule has 4 heteroatoms. The van der Waals surface area contributed by atoms with E-state index in [2.05, 4.69) is 56.4 Å². The predicted octanol–water partition coefficient (Wildman–Crippen LogP) is 4.18. The van der Waals surface area contributed by atoms with E-state index < -0.39 is 0 Å². The summed E-state index contributed by atoms with van der Waals surface area (Å²) in [6, 6.07) is 18.6. The number of para-hydroxylation sites is 1. The van der Waals surface area contributed by atoms with Gasteiger partial charge in [0.1, 0.15) is 0 Å². The maximum absolute atomic E-state index is 4.51. The topological polar surface area (TPSA) is 45.6 Å². The van der Waals surface area contributed by atoms with Gasteiger partial charge in [-0.2, -0.15) is 0 Å². The monoisotopic (exact) mass is 302 g/mol. The highest BCUT2D eigenvalue weighted by atomic mass is 15.2. The molecule has 4 nitrogen and oxygen atoms in total. The van der Waals surface area contributed by atoms with E-state index in [-0.39, 0.29) is 0 Å². The van der Waals surface area contributed by atoms with Gasteiger partial charge in [-0.15, -0.1) is 0 Å². The first-order valence-electron chi connectivity index (χ1n) is 7.69. The van der Waals surface area contributed by atoms with Crippen LogP contribution in [0.3, 0.4) is 0 Å². The molecular formula is C19H18N4. The Balaban J connectivity index is 1.57. The van der Waals surface area contributed by atoms with Gasteiger partial charge in [0.05, 0.1) is 11.9 Å². The van der Waals surface area contributed by atoms with Crippen LogP contribution in [0.1, 0.15) is 5.56 Å². The zero-order valence-electron chi connectivity index (χ0n) is 13.0. The quantitative estimate of drug-likeness (QED) is 0.594. The number of hydrogen-bond donors (Lipinski definition) is 2. The Labute approximate surface area is 134 Å². The predicted molar refractivity (Wildman–Crippen MR) is 94.3 cm³/mol. The first-order valence-corrected chi connectivity index (χ1v) is 7.69. The normalized spacial score (nSPS) is 11.0. The third kappa shape index (κ3) is 2.48. The van der Waals surface area contributed by atoms with Crippen LogP contribution in [0, 0.1) is 0 Å². The van der Waals surface area contributed by atoms with E-state index in [1.807, 2.05) is 37.5 Å². The van der Waals surface area contributed by atoms with Crippen molar-refractivity contribution in [3.05, 3.63) is 72.6 Å². The second kappa shape index (κ2) is 5.65. The van der Waals surface area contributed by atoms with Crippen molar-refractivity contribution in [2.75, 3.05) is 5.32 Å². The van der Waals surface area contributed by atoms with Gasteiger partial charge in [-0.3, -0.25) is 0 Å². The summed E-state index contributed by atoms with van der Waals surface area (Å²) in [6.07, 6.45) is 3.96. The lowest BCUT2D eigenvalue weighted by molar-refractivity contribution is 0.908. The van der Waals surface area contributed by atoms with E-state index in [4.69, 9.17) is 0 Å². The molecule has 114 valence electrons. The van der Waals surface area contributed by atoms with Crippen LogP contribution in [0.15, 0.2) is 67.0 Å². The molecule has 0 unspecified atom stereocenters. The first-order chi connectivity index (χ1) is 11.3. The molecule has 23 heavy (non-hydrogen) atoms. The fourth-order valence-electron chi connectivity index (χ4n) is 2.90. The van der Waals surface area contributed by atoms with Gasteiger partial charge >= 0.3 is 0 Å². The van der Waals surface area contributed by atoms with E-state index in [9.17, 15) is 0 Å². The van der Waals surface area contributed by atoms with Crippen LogP contribution < -0.4 is 5.32 Å². The Morgan fingerprint density at radius 2 is 1.83 bits per heavy atom. The molecule has 2 heterocycles.